The van der Waals surface area contributed by atoms with Crippen LogP contribution < -0.4 is 15.5 Å². The van der Waals surface area contributed by atoms with E-state index in [1.165, 1.54) is 4.90 Å². The Balaban J connectivity index is 2.35. The van der Waals surface area contributed by atoms with Crippen LogP contribution in [-0.2, 0) is 0 Å². The van der Waals surface area contributed by atoms with Gasteiger partial charge in [-0.1, -0.05) is 11.6 Å². The summed E-state index contributed by atoms with van der Waals surface area (Å²) in [6.45, 7) is 7.62. The monoisotopic (exact) mass is 298 g/mol. The second-order valence-corrected chi connectivity index (χ2v) is 4.86. The normalized spacial score (nSPS) is 10.4. The number of hydrogen-bond acceptors (Lipinski definition) is 2. The molecular weight excluding hydrogens is 278 g/mol. The van der Waals surface area contributed by atoms with E-state index in [4.69, 9.17) is 11.6 Å². The molecule has 5 nitrogen and oxygen atoms in total. The third kappa shape index (κ3) is 5.59. The lowest BCUT2D eigenvalue weighted by Gasteiger charge is -2.15. The lowest BCUT2D eigenvalue weighted by atomic mass is 10.2. The van der Waals surface area contributed by atoms with Gasteiger partial charge in [0.2, 0.25) is 0 Å². The summed E-state index contributed by atoms with van der Waals surface area (Å²) in [7, 11) is 0. The smallest absolute Gasteiger partial charge is 0.321 e. The minimum Gasteiger partial charge on any atom is -0.334 e. The van der Waals surface area contributed by atoms with Crippen LogP contribution in [0.3, 0.4) is 0 Å². The zero-order valence-corrected chi connectivity index (χ0v) is 12.6. The summed E-state index contributed by atoms with van der Waals surface area (Å²) in [4.78, 5) is 24.7. The van der Waals surface area contributed by atoms with Gasteiger partial charge in [0.15, 0.2) is 0 Å². The molecule has 6 heteroatoms. The molecule has 1 rings (SSSR count). The summed E-state index contributed by atoms with van der Waals surface area (Å²) >= 11 is 5.73. The number of urea groups is 1. The summed E-state index contributed by atoms with van der Waals surface area (Å²) in [5.41, 5.74) is 0.402. The standard InChI is InChI=1S/C14H20ClN3O2/c1-3-18(4-2)10-9-16-14(20)17-13(19)11-5-7-12(15)8-6-11/h5-8H,3-4,9-10H2,1-2H3,(H2,16,17,19,20)/p+1. The molecule has 0 aliphatic rings. The molecule has 0 bridgehead atoms. The van der Waals surface area contributed by atoms with Gasteiger partial charge in [-0.15, -0.1) is 0 Å². The SMILES string of the molecule is CC[NH+](CC)CCNC(=O)NC(=O)c1ccc(Cl)cc1. The van der Waals surface area contributed by atoms with Gasteiger partial charge in [0.05, 0.1) is 26.2 Å². The highest BCUT2D eigenvalue weighted by Gasteiger charge is 2.10. The number of carbonyl (C=O) groups excluding carboxylic acids is 2. The number of nitrogens with one attached hydrogen (secondary N) is 3. The molecule has 0 atom stereocenters. The van der Waals surface area contributed by atoms with E-state index in [2.05, 4.69) is 24.5 Å². The molecule has 3 N–H and O–H groups in total. The van der Waals surface area contributed by atoms with Gasteiger partial charge in [0.25, 0.3) is 5.91 Å². The molecule has 0 radical (unpaired) electrons. The Kier molecular flexibility index (Phi) is 7.04. The van der Waals surface area contributed by atoms with Crippen LogP contribution in [0.2, 0.25) is 5.02 Å². The molecule has 0 saturated heterocycles. The van der Waals surface area contributed by atoms with Crippen LogP contribution in [0.1, 0.15) is 24.2 Å². The first-order chi connectivity index (χ1) is 9.56. The molecule has 0 fully saturated rings. The van der Waals surface area contributed by atoms with E-state index in [-0.39, 0.29) is 0 Å². The number of benzene rings is 1. The van der Waals surface area contributed by atoms with Crippen LogP contribution in [0.5, 0.6) is 0 Å². The summed E-state index contributed by atoms with van der Waals surface area (Å²) in [6.07, 6.45) is 0. The number of likely N-dealkylation sites (N-methyl/N-ethyl adjacent to an activating group) is 1. The Labute approximate surface area is 124 Å². The maximum atomic E-state index is 11.8. The van der Waals surface area contributed by atoms with Gasteiger partial charge in [-0.2, -0.15) is 0 Å². The van der Waals surface area contributed by atoms with Crippen molar-refractivity contribution in [2.24, 2.45) is 0 Å². The summed E-state index contributed by atoms with van der Waals surface area (Å²) < 4.78 is 0. The van der Waals surface area contributed by atoms with Crippen molar-refractivity contribution in [2.75, 3.05) is 26.2 Å². The molecule has 1 aromatic rings. The van der Waals surface area contributed by atoms with Crippen molar-refractivity contribution in [1.82, 2.24) is 10.6 Å². The van der Waals surface area contributed by atoms with E-state index in [1.807, 2.05) is 0 Å². The van der Waals surface area contributed by atoms with Gasteiger partial charge in [-0.3, -0.25) is 10.1 Å². The van der Waals surface area contributed by atoms with E-state index in [0.717, 1.165) is 19.6 Å². The molecule has 0 heterocycles. The van der Waals surface area contributed by atoms with Crippen molar-refractivity contribution in [1.29, 1.82) is 0 Å². The minimum absolute atomic E-state index is 0.402. The van der Waals surface area contributed by atoms with Crippen LogP contribution in [0.15, 0.2) is 24.3 Å². The lowest BCUT2D eigenvalue weighted by molar-refractivity contribution is -0.895. The van der Waals surface area contributed by atoms with Gasteiger partial charge in [0.1, 0.15) is 0 Å². The predicted octanol–water partition coefficient (Wildman–Crippen LogP) is 0.704. The van der Waals surface area contributed by atoms with Crippen LogP contribution in [0.4, 0.5) is 4.79 Å². The second-order valence-electron chi connectivity index (χ2n) is 4.42. The maximum Gasteiger partial charge on any atom is 0.321 e. The highest BCUT2D eigenvalue weighted by molar-refractivity contribution is 6.30. The Morgan fingerprint density at radius 3 is 2.30 bits per heavy atom. The van der Waals surface area contributed by atoms with E-state index in [0.29, 0.717) is 17.1 Å². The fourth-order valence-electron chi connectivity index (χ4n) is 1.78. The number of rotatable bonds is 6. The quantitative estimate of drug-likeness (QED) is 0.724. The molecule has 1 aromatic carbocycles. The molecule has 0 aliphatic carbocycles. The average molecular weight is 299 g/mol. The van der Waals surface area contributed by atoms with E-state index in [1.54, 1.807) is 24.3 Å². The topological polar surface area (TPSA) is 62.6 Å². The number of hydrogen-bond donors (Lipinski definition) is 3. The fourth-order valence-corrected chi connectivity index (χ4v) is 1.90. The van der Waals surface area contributed by atoms with Gasteiger partial charge in [0, 0.05) is 10.6 Å². The third-order valence-electron chi connectivity index (χ3n) is 3.10. The zero-order chi connectivity index (χ0) is 15.0. The maximum absolute atomic E-state index is 11.8. The third-order valence-corrected chi connectivity index (χ3v) is 3.35. The van der Waals surface area contributed by atoms with Crippen molar-refractivity contribution in [3.05, 3.63) is 34.9 Å². The van der Waals surface area contributed by atoms with Crippen LogP contribution in [0, 0.1) is 0 Å². The number of halogens is 1. The molecule has 20 heavy (non-hydrogen) atoms. The first-order valence-electron chi connectivity index (χ1n) is 6.75. The number of quaternary nitrogens is 1. The Morgan fingerprint density at radius 1 is 1.15 bits per heavy atom. The number of amides is 3. The molecule has 0 saturated carbocycles. The van der Waals surface area contributed by atoms with E-state index >= 15 is 0 Å². The Hall–Kier alpha value is -1.59. The van der Waals surface area contributed by atoms with E-state index < -0.39 is 11.9 Å². The number of imide groups is 1. The largest absolute Gasteiger partial charge is 0.334 e. The summed E-state index contributed by atoms with van der Waals surface area (Å²) in [5.74, 6) is -0.436. The Bertz CT molecular complexity index is 444. The molecule has 0 aliphatic heterocycles. The highest BCUT2D eigenvalue weighted by Crippen LogP contribution is 2.09. The van der Waals surface area contributed by atoms with Gasteiger partial charge in [-0.25, -0.2) is 4.79 Å². The van der Waals surface area contributed by atoms with Gasteiger partial charge >= 0.3 is 6.03 Å². The molecule has 0 spiro atoms. The molecular formula is C14H21ClN3O2+. The predicted molar refractivity (Wildman–Crippen MR) is 79.2 cm³/mol. The first kappa shape index (κ1) is 16.5. The lowest BCUT2D eigenvalue weighted by Crippen LogP contribution is -3.12. The van der Waals surface area contributed by atoms with Gasteiger partial charge < -0.3 is 10.2 Å². The fraction of sp³-hybridized carbons (Fsp3) is 0.429. The van der Waals surface area contributed by atoms with Crippen molar-refractivity contribution in [2.45, 2.75) is 13.8 Å². The first-order valence-corrected chi connectivity index (χ1v) is 7.12. The highest BCUT2D eigenvalue weighted by atomic mass is 35.5. The van der Waals surface area contributed by atoms with Crippen molar-refractivity contribution in [3.8, 4) is 0 Å². The van der Waals surface area contributed by atoms with Crippen molar-refractivity contribution >= 4 is 23.5 Å². The molecule has 0 unspecified atom stereocenters. The van der Waals surface area contributed by atoms with Crippen LogP contribution in [0.25, 0.3) is 0 Å². The zero-order valence-electron chi connectivity index (χ0n) is 11.8. The summed E-state index contributed by atoms with van der Waals surface area (Å²) in [5, 5.41) is 5.51. The van der Waals surface area contributed by atoms with E-state index in [9.17, 15) is 9.59 Å². The average Bonchev–Trinajstić information content (AvgIpc) is 2.44. The summed E-state index contributed by atoms with van der Waals surface area (Å²) in [6, 6.07) is 5.89. The molecule has 0 aromatic heterocycles. The number of carbonyl (C=O) groups is 2. The molecule has 3 amide bonds. The molecule has 110 valence electrons. The van der Waals surface area contributed by atoms with Gasteiger partial charge in [-0.05, 0) is 38.1 Å². The second kappa shape index (κ2) is 8.55. The Morgan fingerprint density at radius 2 is 1.75 bits per heavy atom. The van der Waals surface area contributed by atoms with Crippen molar-refractivity contribution < 1.29 is 14.5 Å². The van der Waals surface area contributed by atoms with Crippen molar-refractivity contribution in [3.63, 3.8) is 0 Å². The minimum atomic E-state index is -0.475. The van der Waals surface area contributed by atoms with Crippen LogP contribution in [-0.4, -0.2) is 38.1 Å². The van der Waals surface area contributed by atoms with Crippen LogP contribution >= 0.6 is 11.6 Å².